The lowest BCUT2D eigenvalue weighted by atomic mass is 10.2. The second-order valence-corrected chi connectivity index (χ2v) is 8.16. The molecule has 1 rings (SSSR count). The summed E-state index contributed by atoms with van der Waals surface area (Å²) in [4.78, 5) is -2.47. The molecule has 1 aromatic rings. The van der Waals surface area contributed by atoms with Gasteiger partial charge in [0, 0.05) is 6.07 Å². The first-order valence-corrected chi connectivity index (χ1v) is 8.76. The zero-order valence-electron chi connectivity index (χ0n) is 11.9. The molecule has 0 heterocycles. The van der Waals surface area contributed by atoms with E-state index in [1.165, 1.54) is 0 Å². The molecule has 5 nitrogen and oxygen atoms in total. The average molecular weight is 458 g/mol. The predicted octanol–water partition coefficient (Wildman–Crippen LogP) is 3.08. The Hall–Kier alpha value is -1.62. The summed E-state index contributed by atoms with van der Waals surface area (Å²) in [5, 5.41) is -14.5. The number of rotatable bonds is 6. The van der Waals surface area contributed by atoms with Crippen LogP contribution in [0.25, 0.3) is 0 Å². The molecule has 0 fully saturated rings. The van der Waals surface area contributed by atoms with Crippen molar-refractivity contribution in [3.8, 4) is 0 Å². The van der Waals surface area contributed by atoms with Crippen LogP contribution in [0.5, 0.6) is 0 Å². The molecule has 0 bridgehead atoms. The average Bonchev–Trinajstić information content (AvgIpc) is 2.44. The Balaban J connectivity index is 3.74. The molecule has 17 heteroatoms. The molecule has 0 spiro atoms. The minimum absolute atomic E-state index is 0.0604. The van der Waals surface area contributed by atoms with Crippen molar-refractivity contribution >= 4 is 20.0 Å². The minimum Gasteiger partial charge on any atom is -0.281 e. The van der Waals surface area contributed by atoms with Gasteiger partial charge in [0.1, 0.15) is 16.5 Å². The minimum atomic E-state index is -7.70. The zero-order chi connectivity index (χ0) is 21.9. The van der Waals surface area contributed by atoms with E-state index in [0.717, 1.165) is 0 Å². The van der Waals surface area contributed by atoms with Crippen molar-refractivity contribution in [2.24, 2.45) is 0 Å². The van der Waals surface area contributed by atoms with Crippen LogP contribution in [0.4, 0.5) is 43.9 Å². The van der Waals surface area contributed by atoms with Crippen LogP contribution < -0.4 is 0 Å². The number of benzene rings is 1. The summed E-state index contributed by atoms with van der Waals surface area (Å²) in [5.41, 5.74) is 0. The van der Waals surface area contributed by atoms with E-state index in [9.17, 15) is 60.7 Å². The normalized spacial score (nSPS) is 15.1. The van der Waals surface area contributed by atoms with Crippen molar-refractivity contribution in [2.75, 3.05) is 0 Å². The molecule has 0 aromatic heterocycles. The van der Waals surface area contributed by atoms with Gasteiger partial charge in [-0.25, -0.2) is 17.2 Å². The Bertz CT molecular complexity index is 955. The third-order valence-electron chi connectivity index (χ3n) is 2.97. The van der Waals surface area contributed by atoms with Crippen LogP contribution in [-0.4, -0.2) is 43.7 Å². The van der Waals surface area contributed by atoms with Crippen molar-refractivity contribution in [1.29, 1.82) is 0 Å². The van der Waals surface area contributed by atoms with Gasteiger partial charge in [0.2, 0.25) is 0 Å². The molecule has 156 valence electrons. The summed E-state index contributed by atoms with van der Waals surface area (Å²) in [7, 11) is -14.7. The van der Waals surface area contributed by atoms with Crippen LogP contribution in [0, 0.1) is 11.6 Å². The third-order valence-corrected chi connectivity index (χ3v) is 5.72. The second-order valence-electron chi connectivity index (χ2n) is 4.74. The van der Waals surface area contributed by atoms with Crippen molar-refractivity contribution in [2.45, 2.75) is 27.2 Å². The molecule has 1 aromatic carbocycles. The maximum absolute atomic E-state index is 13.7. The molecule has 0 aliphatic carbocycles. The second kappa shape index (κ2) is 6.20. The summed E-state index contributed by atoms with van der Waals surface area (Å²) in [5.74, 6) is -19.5. The third kappa shape index (κ3) is 3.14. The molecule has 0 aliphatic heterocycles. The highest BCUT2D eigenvalue weighted by atomic mass is 32.2. The summed E-state index contributed by atoms with van der Waals surface area (Å²) >= 11 is 0. The number of hydrogen-bond donors (Lipinski definition) is 1. The van der Waals surface area contributed by atoms with Crippen LogP contribution in [0.3, 0.4) is 0 Å². The van der Waals surface area contributed by atoms with Crippen molar-refractivity contribution in [3.05, 3.63) is 29.8 Å². The highest BCUT2D eigenvalue weighted by Crippen LogP contribution is 2.56. The Morgan fingerprint density at radius 1 is 0.741 bits per heavy atom. The lowest BCUT2D eigenvalue weighted by Crippen LogP contribution is -2.66. The van der Waals surface area contributed by atoms with Gasteiger partial charge in [-0.05, 0) is 12.1 Å². The van der Waals surface area contributed by atoms with E-state index < -0.39 is 64.9 Å². The maximum atomic E-state index is 13.7. The van der Waals surface area contributed by atoms with Crippen molar-refractivity contribution < 1.29 is 65.3 Å². The van der Waals surface area contributed by atoms with Crippen molar-refractivity contribution in [1.82, 2.24) is 0 Å². The highest BCUT2D eigenvalue weighted by molar-refractivity contribution is 7.92. The van der Waals surface area contributed by atoms with Gasteiger partial charge in [0.25, 0.3) is 9.84 Å². The maximum Gasteiger partial charge on any atom is 0.438 e. The number of hydrogen-bond acceptors (Lipinski definition) is 4. The quantitative estimate of drug-likeness (QED) is 0.402. The van der Waals surface area contributed by atoms with E-state index in [-0.39, 0.29) is 12.1 Å². The van der Waals surface area contributed by atoms with Gasteiger partial charge < -0.3 is 0 Å². The van der Waals surface area contributed by atoms with Gasteiger partial charge in [0.05, 0.1) is 0 Å². The molecule has 0 saturated heterocycles. The first-order valence-electron chi connectivity index (χ1n) is 5.84. The molecular formula is C10H4F10O5S2. The number of alkyl halides is 8. The van der Waals surface area contributed by atoms with Gasteiger partial charge >= 0.3 is 32.5 Å². The van der Waals surface area contributed by atoms with E-state index in [2.05, 4.69) is 0 Å². The number of halogens is 10. The number of sulfone groups is 1. The topological polar surface area (TPSA) is 88.5 Å². The molecule has 0 radical (unpaired) electrons. The standard InChI is InChI=1S/C10H4F10O5S2/c11-4-1-2-6(5(12)3-4)26(21,22)9(17,18)7(13,14)8(15,16)10(19,20)27(23,24)25/h1-3H,(H,23,24,25). The summed E-state index contributed by atoms with van der Waals surface area (Å²) in [6, 6.07) is -0.871. The van der Waals surface area contributed by atoms with Crippen LogP contribution in [-0.2, 0) is 20.0 Å². The summed E-state index contributed by atoms with van der Waals surface area (Å²) < 4.78 is 184. The first kappa shape index (κ1) is 23.4. The van der Waals surface area contributed by atoms with Gasteiger partial charge in [-0.15, -0.1) is 0 Å². The predicted molar refractivity (Wildman–Crippen MR) is 64.9 cm³/mol. The van der Waals surface area contributed by atoms with E-state index >= 15 is 0 Å². The Morgan fingerprint density at radius 2 is 1.15 bits per heavy atom. The molecule has 1 N–H and O–H groups in total. The molecule has 0 saturated carbocycles. The van der Waals surface area contributed by atoms with E-state index in [0.29, 0.717) is 0 Å². The van der Waals surface area contributed by atoms with E-state index in [4.69, 9.17) is 4.55 Å². The molecule has 0 amide bonds. The highest BCUT2D eigenvalue weighted by Gasteiger charge is 2.87. The van der Waals surface area contributed by atoms with E-state index in [1.807, 2.05) is 0 Å². The van der Waals surface area contributed by atoms with Crippen LogP contribution >= 0.6 is 0 Å². The van der Waals surface area contributed by atoms with Crippen LogP contribution in [0.15, 0.2) is 23.1 Å². The molecule has 0 aliphatic rings. The summed E-state index contributed by atoms with van der Waals surface area (Å²) in [6.07, 6.45) is 0. The smallest absolute Gasteiger partial charge is 0.281 e. The summed E-state index contributed by atoms with van der Waals surface area (Å²) in [6.45, 7) is 0. The fraction of sp³-hybridized carbons (Fsp3) is 0.400. The SMILES string of the molecule is O=S(=O)(O)C(F)(F)C(F)(F)C(F)(F)C(F)(F)S(=O)(=O)c1ccc(F)cc1F. The van der Waals surface area contributed by atoms with Crippen molar-refractivity contribution in [3.63, 3.8) is 0 Å². The molecule has 0 atom stereocenters. The fourth-order valence-electron chi connectivity index (χ4n) is 1.53. The van der Waals surface area contributed by atoms with E-state index in [1.54, 1.807) is 0 Å². The lowest BCUT2D eigenvalue weighted by Gasteiger charge is -2.34. The first-order chi connectivity index (χ1) is 11.7. The largest absolute Gasteiger partial charge is 0.438 e. The molecular weight excluding hydrogens is 454 g/mol. The van der Waals surface area contributed by atoms with Gasteiger partial charge in [0.15, 0.2) is 0 Å². The Kier molecular flexibility index (Phi) is 5.37. The lowest BCUT2D eigenvalue weighted by molar-refractivity contribution is -0.326. The van der Waals surface area contributed by atoms with Crippen LogP contribution in [0.1, 0.15) is 0 Å². The van der Waals surface area contributed by atoms with Gasteiger partial charge in [-0.1, -0.05) is 0 Å². The van der Waals surface area contributed by atoms with Gasteiger partial charge in [-0.3, -0.25) is 4.55 Å². The fourth-order valence-corrected chi connectivity index (χ4v) is 3.28. The van der Waals surface area contributed by atoms with Gasteiger partial charge in [-0.2, -0.15) is 43.5 Å². The Morgan fingerprint density at radius 3 is 1.52 bits per heavy atom. The zero-order valence-corrected chi connectivity index (χ0v) is 13.5. The molecule has 27 heavy (non-hydrogen) atoms. The van der Waals surface area contributed by atoms with Crippen LogP contribution in [0.2, 0.25) is 0 Å². The molecule has 0 unspecified atom stereocenters. The Labute approximate surface area is 143 Å². The monoisotopic (exact) mass is 458 g/mol.